The molecule has 3 N–H and O–H groups in total. The van der Waals surface area contributed by atoms with Crippen molar-refractivity contribution in [2.24, 2.45) is 5.73 Å². The molecule has 70 valence electrons. The van der Waals surface area contributed by atoms with Crippen LogP contribution in [0, 0.1) is 0 Å². The number of amides is 1. The molecule has 12 heavy (non-hydrogen) atoms. The van der Waals surface area contributed by atoms with E-state index in [1.54, 1.807) is 0 Å². The maximum absolute atomic E-state index is 10.9. The van der Waals surface area contributed by atoms with Gasteiger partial charge in [0.2, 0.25) is 5.91 Å². The molecule has 1 saturated heterocycles. The van der Waals surface area contributed by atoms with Crippen molar-refractivity contribution in [3.63, 3.8) is 0 Å². The van der Waals surface area contributed by atoms with Gasteiger partial charge in [0.15, 0.2) is 0 Å². The summed E-state index contributed by atoms with van der Waals surface area (Å²) in [5.41, 5.74) is 5.46. The van der Waals surface area contributed by atoms with E-state index in [4.69, 9.17) is 10.8 Å². The van der Waals surface area contributed by atoms with Gasteiger partial charge in [0.25, 0.3) is 0 Å². The van der Waals surface area contributed by atoms with Gasteiger partial charge in [0.1, 0.15) is 6.54 Å². The van der Waals surface area contributed by atoms with E-state index in [2.05, 4.69) is 0 Å². The molecule has 0 radical (unpaired) electrons. The predicted octanol–water partition coefficient (Wildman–Crippen LogP) is -0.600. The summed E-state index contributed by atoms with van der Waals surface area (Å²) in [5.74, 6) is -1.18. The molecule has 1 aliphatic rings. The molecule has 0 aliphatic carbocycles. The number of carboxylic acid groups (broad SMARTS) is 1. The number of hydrogen-bond donors (Lipinski definition) is 2. The molecule has 1 rings (SSSR count). The summed E-state index contributed by atoms with van der Waals surface area (Å²) in [6, 6.07) is 0. The van der Waals surface area contributed by atoms with E-state index < -0.39 is 12.1 Å². The van der Waals surface area contributed by atoms with Crippen molar-refractivity contribution in [1.29, 1.82) is 0 Å². The summed E-state index contributed by atoms with van der Waals surface area (Å²) < 4.78 is 0. The second kappa shape index (κ2) is 4.27. The van der Waals surface area contributed by atoms with Crippen LogP contribution < -0.4 is 5.73 Å². The van der Waals surface area contributed by atoms with E-state index in [0.29, 0.717) is 12.8 Å². The van der Waals surface area contributed by atoms with Crippen LogP contribution in [0.3, 0.4) is 0 Å². The molecule has 0 unspecified atom stereocenters. The quantitative estimate of drug-likeness (QED) is 0.615. The number of nitrogens with two attached hydrogens (primary N) is 1. The first kappa shape index (κ1) is 11.2. The summed E-state index contributed by atoms with van der Waals surface area (Å²) >= 11 is 0. The number of likely N-dealkylation sites (tertiary alicyclic amines) is 1. The molecule has 0 bridgehead atoms. The first-order chi connectivity index (χ1) is 5.11. The number of rotatable bonds is 2. The number of carbonyl (C=O) groups excluding carboxylic acids is 1. The van der Waals surface area contributed by atoms with Gasteiger partial charge in [0.05, 0.1) is 6.17 Å². The maximum Gasteiger partial charge on any atom is 0.323 e. The van der Waals surface area contributed by atoms with Crippen molar-refractivity contribution in [1.82, 2.24) is 4.90 Å². The Hall–Kier alpha value is -0.810. The van der Waals surface area contributed by atoms with E-state index >= 15 is 0 Å². The number of carboxylic acids is 1. The SMILES string of the molecule is Cl.N[C@H]1CCC(=O)N1CC(=O)O. The van der Waals surface area contributed by atoms with E-state index in [0.717, 1.165) is 0 Å². The van der Waals surface area contributed by atoms with Crippen LogP contribution in [0.4, 0.5) is 0 Å². The number of halogens is 1. The first-order valence-electron chi connectivity index (χ1n) is 3.38. The Kier molecular flexibility index (Phi) is 3.99. The highest BCUT2D eigenvalue weighted by Gasteiger charge is 2.29. The van der Waals surface area contributed by atoms with Crippen LogP contribution in [0.5, 0.6) is 0 Å². The molecule has 1 aliphatic heterocycles. The summed E-state index contributed by atoms with van der Waals surface area (Å²) in [5, 5.41) is 8.36. The minimum absolute atomic E-state index is 0. The van der Waals surface area contributed by atoms with E-state index in [1.807, 2.05) is 0 Å². The van der Waals surface area contributed by atoms with Gasteiger partial charge in [-0.15, -0.1) is 12.4 Å². The Morgan fingerprint density at radius 1 is 1.75 bits per heavy atom. The Morgan fingerprint density at radius 2 is 2.33 bits per heavy atom. The fourth-order valence-corrected chi connectivity index (χ4v) is 1.11. The average molecular weight is 195 g/mol. The highest BCUT2D eigenvalue weighted by molar-refractivity contribution is 5.85. The van der Waals surface area contributed by atoms with Crippen LogP contribution in [-0.2, 0) is 9.59 Å². The van der Waals surface area contributed by atoms with Gasteiger partial charge >= 0.3 is 5.97 Å². The second-order valence-electron chi connectivity index (χ2n) is 2.52. The predicted molar refractivity (Wildman–Crippen MR) is 43.8 cm³/mol. The largest absolute Gasteiger partial charge is 0.480 e. The van der Waals surface area contributed by atoms with Crippen molar-refractivity contribution >= 4 is 24.3 Å². The van der Waals surface area contributed by atoms with Gasteiger partial charge < -0.3 is 15.7 Å². The van der Waals surface area contributed by atoms with Crippen molar-refractivity contribution < 1.29 is 14.7 Å². The lowest BCUT2D eigenvalue weighted by atomic mass is 10.3. The Bertz CT molecular complexity index is 197. The molecule has 1 fully saturated rings. The molecule has 0 aromatic carbocycles. The highest BCUT2D eigenvalue weighted by atomic mass is 35.5. The third-order valence-electron chi connectivity index (χ3n) is 1.68. The van der Waals surface area contributed by atoms with Gasteiger partial charge in [-0.3, -0.25) is 9.59 Å². The zero-order valence-corrected chi connectivity index (χ0v) is 7.21. The minimum Gasteiger partial charge on any atom is -0.480 e. The molecule has 0 aromatic heterocycles. The summed E-state index contributed by atoms with van der Waals surface area (Å²) in [7, 11) is 0. The van der Waals surface area contributed by atoms with Gasteiger partial charge in [-0.25, -0.2) is 0 Å². The van der Waals surface area contributed by atoms with Crippen molar-refractivity contribution in [3.05, 3.63) is 0 Å². The number of hydrogen-bond acceptors (Lipinski definition) is 3. The van der Waals surface area contributed by atoms with E-state index in [9.17, 15) is 9.59 Å². The molecule has 1 atom stereocenters. The Labute approximate surface area is 75.9 Å². The van der Waals surface area contributed by atoms with E-state index in [-0.39, 0.29) is 24.9 Å². The zero-order chi connectivity index (χ0) is 8.43. The second-order valence-corrected chi connectivity index (χ2v) is 2.52. The summed E-state index contributed by atoms with van der Waals surface area (Å²) in [4.78, 5) is 22.3. The zero-order valence-electron chi connectivity index (χ0n) is 6.40. The van der Waals surface area contributed by atoms with E-state index in [1.165, 1.54) is 4.90 Å². The third kappa shape index (κ3) is 2.35. The van der Waals surface area contributed by atoms with Crippen LogP contribution in [0.2, 0.25) is 0 Å². The fraction of sp³-hybridized carbons (Fsp3) is 0.667. The molecule has 0 spiro atoms. The van der Waals surface area contributed by atoms with Crippen molar-refractivity contribution in [2.45, 2.75) is 19.0 Å². The maximum atomic E-state index is 10.9. The molecule has 0 saturated carbocycles. The van der Waals surface area contributed by atoms with Crippen LogP contribution in [0.15, 0.2) is 0 Å². The van der Waals surface area contributed by atoms with Crippen molar-refractivity contribution in [2.75, 3.05) is 6.54 Å². The lowest BCUT2D eigenvalue weighted by molar-refractivity contribution is -0.143. The molecule has 1 heterocycles. The topological polar surface area (TPSA) is 83.6 Å². The standard InChI is InChI=1S/C6H10N2O3.ClH/c7-4-1-2-5(9)8(4)3-6(10)11;/h4H,1-3,7H2,(H,10,11);1H/t4-;/m1./s1. The molecule has 6 heteroatoms. The fourth-order valence-electron chi connectivity index (χ4n) is 1.11. The lowest BCUT2D eigenvalue weighted by Crippen LogP contribution is -2.42. The number of nitrogens with zero attached hydrogens (tertiary/aromatic N) is 1. The smallest absolute Gasteiger partial charge is 0.323 e. The van der Waals surface area contributed by atoms with Crippen LogP contribution in [-0.4, -0.2) is 34.6 Å². The lowest BCUT2D eigenvalue weighted by Gasteiger charge is -2.18. The molecular formula is C6H11ClN2O3. The minimum atomic E-state index is -1.02. The van der Waals surface area contributed by atoms with Gasteiger partial charge in [-0.1, -0.05) is 0 Å². The normalized spacial score (nSPS) is 22.2. The Balaban J connectivity index is 0.00000121. The molecule has 0 aromatic rings. The first-order valence-corrected chi connectivity index (χ1v) is 3.38. The Morgan fingerprint density at radius 3 is 2.67 bits per heavy atom. The van der Waals surface area contributed by atoms with Crippen LogP contribution in [0.1, 0.15) is 12.8 Å². The summed E-state index contributed by atoms with van der Waals surface area (Å²) in [6.07, 6.45) is 0.527. The van der Waals surface area contributed by atoms with Crippen LogP contribution >= 0.6 is 12.4 Å². The summed E-state index contributed by atoms with van der Waals surface area (Å²) in [6.45, 7) is -0.278. The number of aliphatic carboxylic acids is 1. The van der Waals surface area contributed by atoms with Gasteiger partial charge in [-0.05, 0) is 6.42 Å². The third-order valence-corrected chi connectivity index (χ3v) is 1.68. The number of carbonyl (C=O) groups is 2. The van der Waals surface area contributed by atoms with Gasteiger partial charge in [-0.2, -0.15) is 0 Å². The average Bonchev–Trinajstić information content (AvgIpc) is 2.18. The van der Waals surface area contributed by atoms with Crippen LogP contribution in [0.25, 0.3) is 0 Å². The molecular weight excluding hydrogens is 184 g/mol. The molecule has 1 amide bonds. The monoisotopic (exact) mass is 194 g/mol. The van der Waals surface area contributed by atoms with Gasteiger partial charge in [0, 0.05) is 6.42 Å². The molecule has 5 nitrogen and oxygen atoms in total. The van der Waals surface area contributed by atoms with Crippen molar-refractivity contribution in [3.8, 4) is 0 Å². The highest BCUT2D eigenvalue weighted by Crippen LogP contribution is 2.13.